The SMILES string of the molecule is CC/C=C/C=C/C=C/CCCCCCCC(=O)OC(COC(=O)CCCCC/C=C/CCCCCCCCC)COP(=O)(O)OCCN. The molecular formula is C38H68NO8P. The van der Waals surface area contributed by atoms with Gasteiger partial charge in [0, 0.05) is 19.4 Å². The molecule has 278 valence electrons. The molecule has 0 aromatic rings. The molecule has 0 aliphatic heterocycles. The Labute approximate surface area is 292 Å². The van der Waals surface area contributed by atoms with E-state index < -0.39 is 32.5 Å². The van der Waals surface area contributed by atoms with Crippen LogP contribution in [0.1, 0.15) is 149 Å². The molecular weight excluding hydrogens is 629 g/mol. The zero-order chi connectivity index (χ0) is 35.4. The van der Waals surface area contributed by atoms with Crippen LogP contribution in [0, 0.1) is 0 Å². The number of esters is 2. The molecule has 0 saturated heterocycles. The van der Waals surface area contributed by atoms with Crippen molar-refractivity contribution in [2.45, 2.75) is 155 Å². The largest absolute Gasteiger partial charge is 0.472 e. The van der Waals surface area contributed by atoms with Crippen molar-refractivity contribution in [2.24, 2.45) is 5.73 Å². The molecule has 10 heteroatoms. The molecule has 2 unspecified atom stereocenters. The van der Waals surface area contributed by atoms with Crippen molar-refractivity contribution in [3.63, 3.8) is 0 Å². The fourth-order valence-corrected chi connectivity index (χ4v) is 5.51. The molecule has 0 aliphatic rings. The minimum Gasteiger partial charge on any atom is -0.462 e. The molecule has 0 heterocycles. The summed E-state index contributed by atoms with van der Waals surface area (Å²) in [6, 6.07) is 0. The molecule has 2 atom stereocenters. The fraction of sp³-hybridized carbons (Fsp3) is 0.737. The van der Waals surface area contributed by atoms with Crippen LogP contribution in [0.3, 0.4) is 0 Å². The average molecular weight is 698 g/mol. The predicted octanol–water partition coefficient (Wildman–Crippen LogP) is 9.99. The first-order valence-corrected chi connectivity index (χ1v) is 20.1. The van der Waals surface area contributed by atoms with Crippen LogP contribution in [0.25, 0.3) is 0 Å². The predicted molar refractivity (Wildman–Crippen MR) is 196 cm³/mol. The highest BCUT2D eigenvalue weighted by molar-refractivity contribution is 7.47. The van der Waals surface area contributed by atoms with E-state index in [1.165, 1.54) is 44.9 Å². The van der Waals surface area contributed by atoms with E-state index in [9.17, 15) is 19.0 Å². The maximum absolute atomic E-state index is 12.5. The Morgan fingerprint density at radius 2 is 1.17 bits per heavy atom. The van der Waals surface area contributed by atoms with Gasteiger partial charge >= 0.3 is 19.8 Å². The Bertz CT molecular complexity index is 934. The minimum absolute atomic E-state index is 0.0461. The summed E-state index contributed by atoms with van der Waals surface area (Å²) in [5.74, 6) is -0.876. The summed E-state index contributed by atoms with van der Waals surface area (Å²) in [6.45, 7) is 3.53. The normalized spacial score (nSPS) is 14.0. The Kier molecular flexibility index (Phi) is 33.3. The van der Waals surface area contributed by atoms with Crippen molar-refractivity contribution < 1.29 is 37.6 Å². The number of hydrogen-bond acceptors (Lipinski definition) is 8. The Morgan fingerprint density at radius 3 is 1.77 bits per heavy atom. The van der Waals surface area contributed by atoms with Crippen LogP contribution < -0.4 is 5.73 Å². The second-order valence-electron chi connectivity index (χ2n) is 12.1. The van der Waals surface area contributed by atoms with Crippen molar-refractivity contribution in [1.82, 2.24) is 0 Å². The lowest BCUT2D eigenvalue weighted by molar-refractivity contribution is -0.161. The maximum Gasteiger partial charge on any atom is 0.472 e. The number of phosphoric acid groups is 1. The van der Waals surface area contributed by atoms with Crippen molar-refractivity contribution in [2.75, 3.05) is 26.4 Å². The van der Waals surface area contributed by atoms with Crippen LogP contribution >= 0.6 is 7.82 Å². The molecule has 0 aliphatic carbocycles. The Morgan fingerprint density at radius 1 is 0.646 bits per heavy atom. The summed E-state index contributed by atoms with van der Waals surface area (Å²) in [7, 11) is -4.38. The van der Waals surface area contributed by atoms with E-state index in [4.69, 9.17) is 24.3 Å². The number of ether oxygens (including phenoxy) is 2. The van der Waals surface area contributed by atoms with Crippen LogP contribution in [0.15, 0.2) is 48.6 Å². The molecule has 0 bridgehead atoms. The van der Waals surface area contributed by atoms with Gasteiger partial charge in [-0.05, 0) is 57.8 Å². The van der Waals surface area contributed by atoms with Crippen LogP contribution in [-0.2, 0) is 32.7 Å². The molecule has 0 amide bonds. The molecule has 0 saturated carbocycles. The van der Waals surface area contributed by atoms with Crippen LogP contribution in [0.2, 0.25) is 0 Å². The summed E-state index contributed by atoms with van der Waals surface area (Å²) in [5, 5.41) is 0. The third kappa shape index (κ3) is 33.9. The summed E-state index contributed by atoms with van der Waals surface area (Å²) >= 11 is 0. The van der Waals surface area contributed by atoms with Crippen molar-refractivity contribution in [3.05, 3.63) is 48.6 Å². The van der Waals surface area contributed by atoms with Gasteiger partial charge in [0.1, 0.15) is 6.61 Å². The van der Waals surface area contributed by atoms with Gasteiger partial charge in [-0.25, -0.2) is 4.57 Å². The van der Waals surface area contributed by atoms with E-state index in [1.54, 1.807) is 0 Å². The van der Waals surface area contributed by atoms with Gasteiger partial charge in [-0.15, -0.1) is 0 Å². The zero-order valence-corrected chi connectivity index (χ0v) is 31.1. The van der Waals surface area contributed by atoms with Gasteiger partial charge in [-0.3, -0.25) is 18.6 Å². The van der Waals surface area contributed by atoms with E-state index in [0.717, 1.165) is 64.2 Å². The molecule has 3 N–H and O–H groups in total. The third-order valence-corrected chi connectivity index (χ3v) is 8.49. The molecule has 48 heavy (non-hydrogen) atoms. The summed E-state index contributed by atoms with van der Waals surface area (Å²) in [4.78, 5) is 34.7. The maximum atomic E-state index is 12.5. The van der Waals surface area contributed by atoms with Crippen LogP contribution in [0.5, 0.6) is 0 Å². The smallest absolute Gasteiger partial charge is 0.462 e. The fourth-order valence-electron chi connectivity index (χ4n) is 4.74. The van der Waals surface area contributed by atoms with Crippen molar-refractivity contribution >= 4 is 19.8 Å². The standard InChI is InChI=1S/C38H68NO8P/c1-3-5-7-9-11-13-15-17-19-20-22-24-26-28-30-37(40)44-34-36(35-46-48(42,43)45-33-32-39)47-38(41)31-29-27-25-23-21-18-16-14-12-10-8-6-4-2/h6,8,10,12,14,16,19-20,36H,3-5,7,9,11,13,15,17-18,21-35,39H2,1-2H3,(H,42,43)/b8-6+,12-10+,16-14+,20-19+. The van der Waals surface area contributed by atoms with Crippen molar-refractivity contribution in [3.8, 4) is 0 Å². The second-order valence-corrected chi connectivity index (χ2v) is 13.6. The number of carbonyl (C=O) groups is 2. The lowest BCUT2D eigenvalue weighted by Gasteiger charge is -2.19. The monoisotopic (exact) mass is 697 g/mol. The van der Waals surface area contributed by atoms with E-state index in [0.29, 0.717) is 12.8 Å². The van der Waals surface area contributed by atoms with E-state index in [2.05, 4.69) is 44.2 Å². The number of phosphoric ester groups is 1. The van der Waals surface area contributed by atoms with Crippen LogP contribution in [0.4, 0.5) is 0 Å². The quantitative estimate of drug-likeness (QED) is 0.0221. The molecule has 0 rings (SSSR count). The van der Waals surface area contributed by atoms with Gasteiger partial charge in [0.25, 0.3) is 0 Å². The molecule has 0 radical (unpaired) electrons. The number of allylic oxidation sites excluding steroid dienone is 8. The van der Waals surface area contributed by atoms with Gasteiger partial charge < -0.3 is 20.1 Å². The average Bonchev–Trinajstić information content (AvgIpc) is 3.07. The van der Waals surface area contributed by atoms with Crippen LogP contribution in [-0.4, -0.2) is 49.3 Å². The first-order chi connectivity index (χ1) is 23.3. The second kappa shape index (κ2) is 34.8. The Hall–Kier alpha value is -2.03. The highest BCUT2D eigenvalue weighted by Gasteiger charge is 2.25. The lowest BCUT2D eigenvalue weighted by atomic mass is 10.1. The lowest BCUT2D eigenvalue weighted by Crippen LogP contribution is -2.29. The first kappa shape index (κ1) is 46.0. The summed E-state index contributed by atoms with van der Waals surface area (Å²) in [5.41, 5.74) is 5.32. The molecule has 0 spiro atoms. The van der Waals surface area contributed by atoms with Crippen molar-refractivity contribution in [1.29, 1.82) is 0 Å². The number of nitrogens with two attached hydrogens (primary N) is 1. The third-order valence-electron chi connectivity index (χ3n) is 7.51. The molecule has 0 aromatic carbocycles. The van der Waals surface area contributed by atoms with Gasteiger partial charge in [0.2, 0.25) is 0 Å². The summed E-state index contributed by atoms with van der Waals surface area (Å²) < 4.78 is 32.6. The number of hydrogen-bond donors (Lipinski definition) is 2. The Balaban J connectivity index is 4.30. The topological polar surface area (TPSA) is 134 Å². The van der Waals surface area contributed by atoms with E-state index in [1.807, 2.05) is 18.2 Å². The van der Waals surface area contributed by atoms with Gasteiger partial charge in [0.15, 0.2) is 6.10 Å². The molecule has 0 fully saturated rings. The first-order valence-electron chi connectivity index (χ1n) is 18.6. The van der Waals surface area contributed by atoms with Gasteiger partial charge in [0.05, 0.1) is 13.2 Å². The summed E-state index contributed by atoms with van der Waals surface area (Å²) in [6.07, 6.45) is 37.2. The number of carbonyl (C=O) groups excluding carboxylic acids is 2. The van der Waals surface area contributed by atoms with Gasteiger partial charge in [-0.1, -0.05) is 127 Å². The zero-order valence-electron chi connectivity index (χ0n) is 30.2. The highest BCUT2D eigenvalue weighted by atomic mass is 31.2. The van der Waals surface area contributed by atoms with E-state index >= 15 is 0 Å². The molecule has 0 aromatic heterocycles. The van der Waals surface area contributed by atoms with E-state index in [-0.39, 0.29) is 32.6 Å². The minimum atomic E-state index is -4.38. The number of rotatable bonds is 34. The van der Waals surface area contributed by atoms with Gasteiger partial charge in [-0.2, -0.15) is 0 Å². The molecule has 9 nitrogen and oxygen atoms in total. The number of unbranched alkanes of at least 4 members (excludes halogenated alkanes) is 15. The highest BCUT2D eigenvalue weighted by Crippen LogP contribution is 2.43.